The molecule has 1 atom stereocenters. The number of hydrogen-bond donors (Lipinski definition) is 0. The van der Waals surface area contributed by atoms with Gasteiger partial charge in [0.05, 0.1) is 0 Å². The first-order chi connectivity index (χ1) is 28.5. The lowest BCUT2D eigenvalue weighted by molar-refractivity contribution is -0.167. The minimum atomic E-state index is -0.807. The van der Waals surface area contributed by atoms with E-state index in [0.717, 1.165) is 109 Å². The first-order valence-electron chi connectivity index (χ1n) is 23.3. The maximum atomic E-state index is 12.7. The highest BCUT2D eigenvalue weighted by Gasteiger charge is 2.19. The summed E-state index contributed by atoms with van der Waals surface area (Å²) in [6, 6.07) is 0. The van der Waals surface area contributed by atoms with Crippen molar-refractivity contribution < 1.29 is 28.6 Å². The van der Waals surface area contributed by atoms with Gasteiger partial charge in [-0.3, -0.25) is 14.4 Å². The fourth-order valence-electron chi connectivity index (χ4n) is 5.91. The smallest absolute Gasteiger partial charge is 0.306 e. The highest BCUT2D eigenvalue weighted by molar-refractivity contribution is 5.71. The Kier molecular flexibility index (Phi) is 43.1. The average molecular weight is 805 g/mol. The molecule has 0 fully saturated rings. The van der Waals surface area contributed by atoms with E-state index in [-0.39, 0.29) is 31.1 Å². The van der Waals surface area contributed by atoms with Crippen LogP contribution in [-0.4, -0.2) is 37.2 Å². The number of ether oxygens (including phenoxy) is 3. The SMILES string of the molecule is CC/C=C\C/C=C\CCCCC(=O)OCC(COC(=O)CCCCCCC\C=C/C=C\C=C/C=C\C=C/CCC)OC(=O)CCCCC/C=C\CCCCCCCC. The molecule has 0 amide bonds. The van der Waals surface area contributed by atoms with E-state index in [4.69, 9.17) is 14.2 Å². The van der Waals surface area contributed by atoms with Crippen LogP contribution in [0.1, 0.15) is 194 Å². The van der Waals surface area contributed by atoms with Gasteiger partial charge in [-0.25, -0.2) is 0 Å². The number of carbonyl (C=O) groups excluding carboxylic acids is 3. The molecule has 0 rings (SSSR count). The van der Waals surface area contributed by atoms with E-state index in [1.54, 1.807) is 0 Å². The second-order valence-electron chi connectivity index (χ2n) is 15.0. The molecule has 328 valence electrons. The zero-order valence-corrected chi connectivity index (χ0v) is 37.3. The predicted octanol–water partition coefficient (Wildman–Crippen LogP) is 15.0. The summed E-state index contributed by atoms with van der Waals surface area (Å²) < 4.78 is 16.6. The third kappa shape index (κ3) is 43.5. The van der Waals surface area contributed by atoms with Gasteiger partial charge in [0, 0.05) is 19.3 Å². The number of allylic oxidation sites excluding steroid dienone is 16. The van der Waals surface area contributed by atoms with Crippen molar-refractivity contribution in [1.29, 1.82) is 0 Å². The number of carbonyl (C=O) groups is 3. The molecule has 0 aliphatic carbocycles. The van der Waals surface area contributed by atoms with E-state index in [2.05, 4.69) is 81.5 Å². The van der Waals surface area contributed by atoms with Crippen LogP contribution in [0.25, 0.3) is 0 Å². The highest BCUT2D eigenvalue weighted by atomic mass is 16.6. The third-order valence-corrected chi connectivity index (χ3v) is 9.40. The van der Waals surface area contributed by atoms with Gasteiger partial charge in [-0.1, -0.05) is 182 Å². The number of rotatable bonds is 40. The van der Waals surface area contributed by atoms with E-state index < -0.39 is 6.10 Å². The molecule has 0 aromatic heterocycles. The maximum absolute atomic E-state index is 12.7. The summed E-state index contributed by atoms with van der Waals surface area (Å²) in [5, 5.41) is 0. The topological polar surface area (TPSA) is 78.9 Å². The molecule has 0 saturated carbocycles. The number of esters is 3. The average Bonchev–Trinajstić information content (AvgIpc) is 3.22. The number of unbranched alkanes of at least 4 members (excludes halogenated alkanes) is 17. The Morgan fingerprint density at radius 2 is 0.776 bits per heavy atom. The lowest BCUT2D eigenvalue weighted by atomic mass is 10.1. The summed E-state index contributed by atoms with van der Waals surface area (Å²) in [5.41, 5.74) is 0. The first-order valence-corrected chi connectivity index (χ1v) is 23.3. The van der Waals surface area contributed by atoms with E-state index >= 15 is 0 Å². The van der Waals surface area contributed by atoms with Crippen LogP contribution in [0.5, 0.6) is 0 Å². The second-order valence-corrected chi connectivity index (χ2v) is 15.0. The van der Waals surface area contributed by atoms with Gasteiger partial charge in [0.2, 0.25) is 0 Å². The second kappa shape index (κ2) is 46.0. The monoisotopic (exact) mass is 805 g/mol. The first kappa shape index (κ1) is 54.3. The van der Waals surface area contributed by atoms with Crippen LogP contribution in [-0.2, 0) is 28.6 Å². The standard InChI is InChI=1S/C52H84O6/c1-4-7-10-13-16-19-21-23-24-25-26-27-29-30-33-36-39-42-45-51(54)57-48-49(47-56-50(53)44-41-38-35-32-18-15-12-9-6-3)58-52(55)46-43-40-37-34-31-28-22-20-17-14-11-8-5-2/h9-10,12-13,16,18-19,21,23-28,31-32,49H,4-8,11,14-15,17,20,22,29-30,33-48H2,1-3H3/b12-9-,13-10-,19-16-,23-21-,25-24-,27-26-,31-28-,32-18-. The Hall–Kier alpha value is -3.67. The van der Waals surface area contributed by atoms with Gasteiger partial charge in [0.25, 0.3) is 0 Å². The van der Waals surface area contributed by atoms with Crippen LogP contribution >= 0.6 is 0 Å². The summed E-state index contributed by atoms with van der Waals surface area (Å²) in [7, 11) is 0. The molecule has 0 spiro atoms. The van der Waals surface area contributed by atoms with Crippen molar-refractivity contribution in [1.82, 2.24) is 0 Å². The Labute approximate surface area is 356 Å². The van der Waals surface area contributed by atoms with E-state index in [1.807, 2.05) is 36.5 Å². The lowest BCUT2D eigenvalue weighted by Crippen LogP contribution is -2.30. The Bertz CT molecular complexity index is 1200. The fraction of sp³-hybridized carbons (Fsp3) is 0.635. The molecule has 0 saturated heterocycles. The van der Waals surface area contributed by atoms with Gasteiger partial charge in [-0.2, -0.15) is 0 Å². The van der Waals surface area contributed by atoms with Crippen molar-refractivity contribution in [2.45, 2.75) is 200 Å². The van der Waals surface area contributed by atoms with Gasteiger partial charge in [-0.05, 0) is 89.9 Å². The van der Waals surface area contributed by atoms with Crippen molar-refractivity contribution >= 4 is 17.9 Å². The van der Waals surface area contributed by atoms with Gasteiger partial charge >= 0.3 is 17.9 Å². The molecule has 1 unspecified atom stereocenters. The zero-order chi connectivity index (χ0) is 42.3. The predicted molar refractivity (Wildman–Crippen MR) is 247 cm³/mol. The van der Waals surface area contributed by atoms with Crippen molar-refractivity contribution in [3.05, 3.63) is 97.2 Å². The molecule has 0 heterocycles. The fourth-order valence-corrected chi connectivity index (χ4v) is 5.91. The van der Waals surface area contributed by atoms with E-state index in [1.165, 1.54) is 44.9 Å². The van der Waals surface area contributed by atoms with Crippen LogP contribution in [0.15, 0.2) is 97.2 Å². The summed E-state index contributed by atoms with van der Waals surface area (Å²) >= 11 is 0. The van der Waals surface area contributed by atoms with Crippen molar-refractivity contribution in [2.24, 2.45) is 0 Å². The van der Waals surface area contributed by atoms with Crippen LogP contribution in [0.4, 0.5) is 0 Å². The van der Waals surface area contributed by atoms with E-state index in [0.29, 0.717) is 19.3 Å². The highest BCUT2D eigenvalue weighted by Crippen LogP contribution is 2.12. The molecule has 0 aliphatic heterocycles. The lowest BCUT2D eigenvalue weighted by Gasteiger charge is -2.18. The Balaban J connectivity index is 4.46. The zero-order valence-electron chi connectivity index (χ0n) is 37.3. The molecule has 0 aromatic rings. The molecule has 6 nitrogen and oxygen atoms in total. The quantitative estimate of drug-likeness (QED) is 0.0202. The molecule has 0 N–H and O–H groups in total. The third-order valence-electron chi connectivity index (χ3n) is 9.40. The summed E-state index contributed by atoms with van der Waals surface area (Å²) in [6.07, 6.45) is 59.7. The van der Waals surface area contributed by atoms with Crippen LogP contribution in [0.3, 0.4) is 0 Å². The molecule has 0 bridgehead atoms. The molecule has 0 aliphatic rings. The largest absolute Gasteiger partial charge is 0.462 e. The molecule has 0 radical (unpaired) electrons. The minimum absolute atomic E-state index is 0.109. The minimum Gasteiger partial charge on any atom is -0.462 e. The Morgan fingerprint density at radius 1 is 0.379 bits per heavy atom. The number of hydrogen-bond acceptors (Lipinski definition) is 6. The van der Waals surface area contributed by atoms with Crippen molar-refractivity contribution in [3.8, 4) is 0 Å². The van der Waals surface area contributed by atoms with Crippen LogP contribution in [0, 0.1) is 0 Å². The Morgan fingerprint density at radius 3 is 1.33 bits per heavy atom. The molecular formula is C52H84O6. The summed E-state index contributed by atoms with van der Waals surface area (Å²) in [5.74, 6) is -0.995. The van der Waals surface area contributed by atoms with Crippen LogP contribution in [0.2, 0.25) is 0 Å². The van der Waals surface area contributed by atoms with Crippen molar-refractivity contribution in [3.63, 3.8) is 0 Å². The van der Waals surface area contributed by atoms with E-state index in [9.17, 15) is 14.4 Å². The molecule has 6 heteroatoms. The van der Waals surface area contributed by atoms with Gasteiger partial charge in [0.15, 0.2) is 6.10 Å². The maximum Gasteiger partial charge on any atom is 0.306 e. The van der Waals surface area contributed by atoms with Crippen LogP contribution < -0.4 is 0 Å². The summed E-state index contributed by atoms with van der Waals surface area (Å²) in [6.45, 7) is 6.32. The summed E-state index contributed by atoms with van der Waals surface area (Å²) in [4.78, 5) is 37.7. The van der Waals surface area contributed by atoms with Gasteiger partial charge in [-0.15, -0.1) is 0 Å². The normalized spacial score (nSPS) is 12.9. The van der Waals surface area contributed by atoms with Crippen molar-refractivity contribution in [2.75, 3.05) is 13.2 Å². The van der Waals surface area contributed by atoms with Gasteiger partial charge < -0.3 is 14.2 Å². The molecular weight excluding hydrogens is 721 g/mol. The molecule has 0 aromatic carbocycles. The molecule has 58 heavy (non-hydrogen) atoms. The van der Waals surface area contributed by atoms with Gasteiger partial charge in [0.1, 0.15) is 13.2 Å².